The van der Waals surface area contributed by atoms with Crippen LogP contribution in [0.2, 0.25) is 0 Å². The van der Waals surface area contributed by atoms with Gasteiger partial charge in [0, 0.05) is 19.6 Å². The molecule has 1 aliphatic heterocycles. The molecule has 0 spiro atoms. The summed E-state index contributed by atoms with van der Waals surface area (Å²) in [4.78, 5) is 13.2. The lowest BCUT2D eigenvalue weighted by molar-refractivity contribution is -0.145. The van der Waals surface area contributed by atoms with Crippen LogP contribution in [0.25, 0.3) is 0 Å². The largest absolute Gasteiger partial charge is 0.463 e. The molecule has 1 heterocycles. The molecule has 5 nitrogen and oxygen atoms in total. The summed E-state index contributed by atoms with van der Waals surface area (Å²) in [6, 6.07) is -0.528. The van der Waals surface area contributed by atoms with E-state index in [1.54, 1.807) is 6.92 Å². The molecule has 0 aromatic carbocycles. The summed E-state index contributed by atoms with van der Waals surface area (Å²) in [5, 5.41) is 0. The Hall–Kier alpha value is -0.360. The van der Waals surface area contributed by atoms with Crippen molar-refractivity contribution in [2.24, 2.45) is 5.73 Å². The van der Waals surface area contributed by atoms with Gasteiger partial charge in [0.25, 0.3) is 0 Å². The van der Waals surface area contributed by atoms with Gasteiger partial charge in [-0.15, -0.1) is 12.4 Å². The lowest BCUT2D eigenvalue weighted by Crippen LogP contribution is -2.39. The zero-order valence-corrected chi connectivity index (χ0v) is 9.79. The minimum atomic E-state index is -0.528. The molecular formula is C9H19ClN2O3. The van der Waals surface area contributed by atoms with Crippen LogP contribution in [0.4, 0.5) is 0 Å². The van der Waals surface area contributed by atoms with Gasteiger partial charge in [0.2, 0.25) is 0 Å². The quantitative estimate of drug-likeness (QED) is 0.678. The van der Waals surface area contributed by atoms with Gasteiger partial charge >= 0.3 is 5.97 Å². The molecule has 0 aromatic rings. The molecule has 0 radical (unpaired) electrons. The molecule has 1 fully saturated rings. The maximum absolute atomic E-state index is 11.0. The molecule has 90 valence electrons. The van der Waals surface area contributed by atoms with Gasteiger partial charge in [-0.2, -0.15) is 0 Å². The predicted octanol–water partition coefficient (Wildman–Crippen LogP) is -0.369. The first-order valence-electron chi connectivity index (χ1n) is 4.92. The average molecular weight is 239 g/mol. The summed E-state index contributed by atoms with van der Waals surface area (Å²) in [7, 11) is 0. The van der Waals surface area contributed by atoms with Crippen molar-refractivity contribution in [2.75, 3.05) is 39.5 Å². The maximum atomic E-state index is 11.0. The second-order valence-corrected chi connectivity index (χ2v) is 3.41. The standard InChI is InChI=1S/C9H18N2O3.ClH/c1-8(10)9(12)14-7-4-11-2-5-13-6-3-11;/h8H,2-7,10H2,1H3;1H/t8-;/m0./s1. The number of hydrogen-bond acceptors (Lipinski definition) is 5. The van der Waals surface area contributed by atoms with E-state index >= 15 is 0 Å². The van der Waals surface area contributed by atoms with Crippen molar-refractivity contribution in [3.63, 3.8) is 0 Å². The molecule has 1 atom stereocenters. The fourth-order valence-corrected chi connectivity index (χ4v) is 1.23. The SMILES string of the molecule is C[C@H](N)C(=O)OCCN1CCOCC1.Cl. The van der Waals surface area contributed by atoms with Crippen LogP contribution in [0.15, 0.2) is 0 Å². The molecule has 0 saturated carbocycles. The number of morpholine rings is 1. The zero-order chi connectivity index (χ0) is 10.4. The number of carbonyl (C=O) groups excluding carboxylic acids is 1. The second kappa shape index (κ2) is 7.87. The summed E-state index contributed by atoms with van der Waals surface area (Å²) in [6.45, 7) is 6.16. The van der Waals surface area contributed by atoms with Crippen LogP contribution in [0, 0.1) is 0 Å². The number of halogens is 1. The van der Waals surface area contributed by atoms with E-state index in [2.05, 4.69) is 4.90 Å². The van der Waals surface area contributed by atoms with Crippen LogP contribution in [-0.4, -0.2) is 56.4 Å². The molecule has 1 saturated heterocycles. The van der Waals surface area contributed by atoms with Gasteiger partial charge in [0.1, 0.15) is 12.6 Å². The molecular weight excluding hydrogens is 220 g/mol. The van der Waals surface area contributed by atoms with E-state index in [-0.39, 0.29) is 18.4 Å². The van der Waals surface area contributed by atoms with Crippen molar-refractivity contribution >= 4 is 18.4 Å². The van der Waals surface area contributed by atoms with Crippen molar-refractivity contribution < 1.29 is 14.3 Å². The summed E-state index contributed by atoms with van der Waals surface area (Å²) in [5.74, 6) is -0.335. The first-order chi connectivity index (χ1) is 6.70. The number of nitrogens with zero attached hydrogens (tertiary/aromatic N) is 1. The number of rotatable bonds is 4. The Morgan fingerprint density at radius 2 is 2.13 bits per heavy atom. The normalized spacial score (nSPS) is 19.1. The Morgan fingerprint density at radius 1 is 1.53 bits per heavy atom. The smallest absolute Gasteiger partial charge is 0.322 e. The zero-order valence-electron chi connectivity index (χ0n) is 8.98. The molecule has 0 amide bonds. The number of hydrogen-bond donors (Lipinski definition) is 1. The summed E-state index contributed by atoms with van der Waals surface area (Å²) >= 11 is 0. The maximum Gasteiger partial charge on any atom is 0.322 e. The summed E-state index contributed by atoms with van der Waals surface area (Å²) in [5.41, 5.74) is 5.35. The lowest BCUT2D eigenvalue weighted by atomic mass is 10.4. The predicted molar refractivity (Wildman–Crippen MR) is 59.1 cm³/mol. The highest BCUT2D eigenvalue weighted by Crippen LogP contribution is 1.96. The molecule has 0 bridgehead atoms. The third-order valence-electron chi connectivity index (χ3n) is 2.13. The molecule has 15 heavy (non-hydrogen) atoms. The van der Waals surface area contributed by atoms with Crippen LogP contribution in [0.3, 0.4) is 0 Å². The van der Waals surface area contributed by atoms with Crippen molar-refractivity contribution in [1.29, 1.82) is 0 Å². The second-order valence-electron chi connectivity index (χ2n) is 3.41. The highest BCUT2D eigenvalue weighted by atomic mass is 35.5. The van der Waals surface area contributed by atoms with E-state index in [4.69, 9.17) is 15.2 Å². The van der Waals surface area contributed by atoms with E-state index in [0.717, 1.165) is 32.8 Å². The van der Waals surface area contributed by atoms with E-state index in [1.807, 2.05) is 0 Å². The summed E-state index contributed by atoms with van der Waals surface area (Å²) < 4.78 is 10.2. The number of esters is 1. The highest BCUT2D eigenvalue weighted by molar-refractivity contribution is 5.85. The van der Waals surface area contributed by atoms with Crippen molar-refractivity contribution in [2.45, 2.75) is 13.0 Å². The molecule has 1 rings (SSSR count). The van der Waals surface area contributed by atoms with Crippen LogP contribution < -0.4 is 5.73 Å². The first-order valence-corrected chi connectivity index (χ1v) is 4.92. The molecule has 0 unspecified atom stereocenters. The van der Waals surface area contributed by atoms with E-state index < -0.39 is 6.04 Å². The molecule has 2 N–H and O–H groups in total. The average Bonchev–Trinajstić information content (AvgIpc) is 2.19. The Bertz CT molecular complexity index is 184. The van der Waals surface area contributed by atoms with Gasteiger partial charge in [-0.05, 0) is 6.92 Å². The van der Waals surface area contributed by atoms with Crippen molar-refractivity contribution in [3.05, 3.63) is 0 Å². The number of nitrogens with two attached hydrogens (primary N) is 1. The van der Waals surface area contributed by atoms with Gasteiger partial charge in [-0.1, -0.05) is 0 Å². The third kappa shape index (κ3) is 5.94. The number of ether oxygens (including phenoxy) is 2. The van der Waals surface area contributed by atoms with Gasteiger partial charge < -0.3 is 15.2 Å². The number of carbonyl (C=O) groups is 1. The Balaban J connectivity index is 0.00000196. The van der Waals surface area contributed by atoms with Crippen molar-refractivity contribution in [1.82, 2.24) is 4.90 Å². The van der Waals surface area contributed by atoms with Crippen LogP contribution in [0.5, 0.6) is 0 Å². The minimum absolute atomic E-state index is 0. The van der Waals surface area contributed by atoms with E-state index in [9.17, 15) is 4.79 Å². The van der Waals surface area contributed by atoms with Crippen LogP contribution in [-0.2, 0) is 14.3 Å². The Labute approximate surface area is 96.3 Å². The van der Waals surface area contributed by atoms with Gasteiger partial charge in [-0.3, -0.25) is 9.69 Å². The lowest BCUT2D eigenvalue weighted by Gasteiger charge is -2.26. The molecule has 1 aliphatic rings. The Kier molecular flexibility index (Phi) is 7.68. The first kappa shape index (κ1) is 14.6. The van der Waals surface area contributed by atoms with E-state index in [1.165, 1.54) is 0 Å². The summed E-state index contributed by atoms with van der Waals surface area (Å²) in [6.07, 6.45) is 0. The minimum Gasteiger partial charge on any atom is -0.463 e. The monoisotopic (exact) mass is 238 g/mol. The third-order valence-corrected chi connectivity index (χ3v) is 2.13. The fourth-order valence-electron chi connectivity index (χ4n) is 1.23. The molecule has 0 aromatic heterocycles. The Morgan fingerprint density at radius 3 is 2.67 bits per heavy atom. The van der Waals surface area contributed by atoms with Gasteiger partial charge in [0.15, 0.2) is 0 Å². The van der Waals surface area contributed by atoms with Gasteiger partial charge in [0.05, 0.1) is 13.2 Å². The van der Waals surface area contributed by atoms with Gasteiger partial charge in [-0.25, -0.2) is 0 Å². The topological polar surface area (TPSA) is 64.8 Å². The van der Waals surface area contributed by atoms with E-state index in [0.29, 0.717) is 6.61 Å². The highest BCUT2D eigenvalue weighted by Gasteiger charge is 2.12. The van der Waals surface area contributed by atoms with Crippen LogP contribution in [0.1, 0.15) is 6.92 Å². The van der Waals surface area contributed by atoms with Crippen molar-refractivity contribution in [3.8, 4) is 0 Å². The van der Waals surface area contributed by atoms with Crippen LogP contribution >= 0.6 is 12.4 Å². The molecule has 6 heteroatoms. The molecule has 0 aliphatic carbocycles. The fraction of sp³-hybridized carbons (Fsp3) is 0.889.